The third-order valence-corrected chi connectivity index (χ3v) is 7.07. The number of pyridine rings is 1. The number of rotatable bonds is 4. The average Bonchev–Trinajstić information content (AvgIpc) is 3.31. The number of aromatic nitrogens is 4. The molecule has 164 valence electrons. The first kappa shape index (κ1) is 19.4. The number of benzene rings is 1. The summed E-state index contributed by atoms with van der Waals surface area (Å²) < 4.78 is 14.5. The molecule has 4 heterocycles. The summed E-state index contributed by atoms with van der Waals surface area (Å²) in [4.78, 5) is 20.0. The van der Waals surface area contributed by atoms with Crippen molar-refractivity contribution >= 4 is 33.4 Å². The lowest BCUT2D eigenvalue weighted by molar-refractivity contribution is 0.194. The summed E-state index contributed by atoms with van der Waals surface area (Å²) >= 11 is 0. The fourth-order valence-electron chi connectivity index (χ4n) is 5.31. The van der Waals surface area contributed by atoms with Gasteiger partial charge in [0.05, 0.1) is 16.6 Å². The highest BCUT2D eigenvalue weighted by Gasteiger charge is 2.46. The number of nitrogens with zero attached hydrogens (tertiary/aromatic N) is 4. The molecule has 32 heavy (non-hydrogen) atoms. The summed E-state index contributed by atoms with van der Waals surface area (Å²) in [5.41, 5.74) is 10.6. The van der Waals surface area contributed by atoms with E-state index in [0.717, 1.165) is 64.3 Å². The molecular weight excluding hydrogens is 405 g/mol. The number of aryl methyl sites for hydroxylation is 1. The van der Waals surface area contributed by atoms with Gasteiger partial charge >= 0.3 is 0 Å². The van der Waals surface area contributed by atoms with E-state index in [1.54, 1.807) is 13.1 Å². The van der Waals surface area contributed by atoms with Gasteiger partial charge in [-0.2, -0.15) is 0 Å². The Morgan fingerprint density at radius 2 is 2.12 bits per heavy atom. The first-order valence-electron chi connectivity index (χ1n) is 11.1. The smallest absolute Gasteiger partial charge is 0.144 e. The largest absolute Gasteiger partial charge is 0.386 e. The van der Waals surface area contributed by atoms with Gasteiger partial charge in [-0.25, -0.2) is 14.4 Å². The second kappa shape index (κ2) is 7.13. The molecule has 3 atom stereocenters. The highest BCUT2D eigenvalue weighted by molar-refractivity contribution is 6.14. The van der Waals surface area contributed by atoms with Crippen LogP contribution in [0.15, 0.2) is 30.5 Å². The van der Waals surface area contributed by atoms with E-state index in [2.05, 4.69) is 26.3 Å². The minimum atomic E-state index is -0.285. The maximum absolute atomic E-state index is 14.5. The number of halogens is 1. The Hall–Kier alpha value is -3.26. The maximum Gasteiger partial charge on any atom is 0.144 e. The monoisotopic (exact) mass is 431 g/mol. The van der Waals surface area contributed by atoms with Gasteiger partial charge in [0.2, 0.25) is 0 Å². The minimum absolute atomic E-state index is 0.261. The van der Waals surface area contributed by atoms with Gasteiger partial charge < -0.3 is 20.9 Å². The van der Waals surface area contributed by atoms with Crippen molar-refractivity contribution in [2.75, 3.05) is 30.4 Å². The van der Waals surface area contributed by atoms with Crippen LogP contribution in [0.2, 0.25) is 0 Å². The van der Waals surface area contributed by atoms with E-state index in [1.165, 1.54) is 6.07 Å². The molecule has 4 N–H and O–H groups in total. The fraction of sp³-hybridized carbons (Fsp3) is 0.375. The maximum atomic E-state index is 14.5. The van der Waals surface area contributed by atoms with Gasteiger partial charge in [0.1, 0.15) is 23.1 Å². The van der Waals surface area contributed by atoms with Gasteiger partial charge in [-0.05, 0) is 48.9 Å². The molecule has 1 saturated carbocycles. The molecule has 8 heteroatoms. The van der Waals surface area contributed by atoms with E-state index < -0.39 is 0 Å². The van der Waals surface area contributed by atoms with Crippen molar-refractivity contribution in [3.8, 4) is 0 Å². The lowest BCUT2D eigenvalue weighted by Gasteiger charge is -2.36. The fourth-order valence-corrected chi connectivity index (χ4v) is 5.31. The highest BCUT2D eigenvalue weighted by Crippen LogP contribution is 2.44. The molecule has 1 saturated heterocycles. The number of nitrogens with two attached hydrogens (primary N) is 1. The van der Waals surface area contributed by atoms with Crippen LogP contribution >= 0.6 is 0 Å². The molecule has 2 aliphatic rings. The summed E-state index contributed by atoms with van der Waals surface area (Å²) in [6.45, 7) is 3.78. The standard InChI is InChI=1S/C24H26FN7/c1-12-3-4-13(9-28-12)5-20-29-23-21(16-7-15(25)8-19(27-2)22(16)31-23)24(30-20)32-10-14-6-18(26)17(14)11-32/h3-4,7-9,14,17-18,27H,5-6,10-11,26H2,1-2H3,(H,29,30,31). The molecule has 7 nitrogen and oxygen atoms in total. The van der Waals surface area contributed by atoms with Crippen molar-refractivity contribution in [3.63, 3.8) is 0 Å². The topological polar surface area (TPSA) is 95.8 Å². The zero-order chi connectivity index (χ0) is 22.0. The van der Waals surface area contributed by atoms with Crippen LogP contribution in [0.4, 0.5) is 15.9 Å². The molecular formula is C24H26FN7. The van der Waals surface area contributed by atoms with E-state index in [4.69, 9.17) is 15.7 Å². The molecule has 1 aromatic carbocycles. The van der Waals surface area contributed by atoms with Crippen molar-refractivity contribution in [3.05, 3.63) is 53.4 Å². The van der Waals surface area contributed by atoms with Gasteiger partial charge in [-0.3, -0.25) is 4.98 Å². The molecule has 0 spiro atoms. The predicted octanol–water partition coefficient (Wildman–Crippen LogP) is 3.37. The number of H-pyrrole nitrogens is 1. The molecule has 0 amide bonds. The van der Waals surface area contributed by atoms with E-state index >= 15 is 0 Å². The summed E-state index contributed by atoms with van der Waals surface area (Å²) in [5.74, 6) is 2.41. The summed E-state index contributed by atoms with van der Waals surface area (Å²) in [6, 6.07) is 7.39. The summed E-state index contributed by atoms with van der Waals surface area (Å²) in [7, 11) is 1.79. The van der Waals surface area contributed by atoms with Gasteiger partial charge in [0.15, 0.2) is 0 Å². The SMILES string of the molecule is CNc1cc(F)cc2c1[nH]c1nc(Cc3ccc(C)nc3)nc(N3CC4CC(N)C4C3)c12. The molecule has 2 fully saturated rings. The Balaban J connectivity index is 1.53. The number of fused-ring (bicyclic) bond motifs is 4. The number of nitrogens with one attached hydrogen (secondary N) is 2. The second-order valence-electron chi connectivity index (χ2n) is 9.15. The lowest BCUT2D eigenvalue weighted by Crippen LogP contribution is -2.46. The normalized spacial score (nSPS) is 22.4. The Labute approximate surface area is 185 Å². The van der Waals surface area contributed by atoms with Gasteiger partial charge in [0.25, 0.3) is 0 Å². The first-order chi connectivity index (χ1) is 15.5. The number of anilines is 2. The van der Waals surface area contributed by atoms with Crippen molar-refractivity contribution in [1.29, 1.82) is 0 Å². The van der Waals surface area contributed by atoms with Crippen LogP contribution in [-0.4, -0.2) is 46.1 Å². The van der Waals surface area contributed by atoms with Crippen molar-refractivity contribution in [2.45, 2.75) is 25.8 Å². The quantitative estimate of drug-likeness (QED) is 0.459. The van der Waals surface area contributed by atoms with E-state index in [1.807, 2.05) is 19.2 Å². The van der Waals surface area contributed by atoms with Crippen LogP contribution in [0, 0.1) is 24.6 Å². The van der Waals surface area contributed by atoms with Crippen LogP contribution in [0.1, 0.15) is 23.5 Å². The molecule has 0 radical (unpaired) electrons. The number of hydrogen-bond donors (Lipinski definition) is 3. The highest BCUT2D eigenvalue weighted by atomic mass is 19.1. The molecule has 1 aliphatic heterocycles. The molecule has 4 aromatic rings. The van der Waals surface area contributed by atoms with E-state index in [-0.39, 0.29) is 11.9 Å². The summed E-state index contributed by atoms with van der Waals surface area (Å²) in [5, 5.41) is 4.76. The van der Waals surface area contributed by atoms with Crippen molar-refractivity contribution in [1.82, 2.24) is 19.9 Å². The van der Waals surface area contributed by atoms with E-state index in [9.17, 15) is 4.39 Å². The van der Waals surface area contributed by atoms with Gasteiger partial charge in [0, 0.05) is 49.9 Å². The lowest BCUT2D eigenvalue weighted by atomic mass is 9.72. The molecule has 3 unspecified atom stereocenters. The third-order valence-electron chi connectivity index (χ3n) is 7.07. The third kappa shape index (κ3) is 3.01. The first-order valence-corrected chi connectivity index (χ1v) is 11.1. The second-order valence-corrected chi connectivity index (χ2v) is 9.15. The average molecular weight is 432 g/mol. The molecule has 0 bridgehead atoms. The van der Waals surface area contributed by atoms with Crippen LogP contribution in [-0.2, 0) is 6.42 Å². The Bertz CT molecular complexity index is 1330. The predicted molar refractivity (Wildman–Crippen MR) is 124 cm³/mol. The van der Waals surface area contributed by atoms with Crippen molar-refractivity contribution < 1.29 is 4.39 Å². The number of aromatic amines is 1. The Morgan fingerprint density at radius 3 is 2.84 bits per heavy atom. The van der Waals surface area contributed by atoms with Crippen LogP contribution in [0.5, 0.6) is 0 Å². The van der Waals surface area contributed by atoms with Crippen molar-refractivity contribution in [2.24, 2.45) is 17.6 Å². The molecule has 6 rings (SSSR count). The van der Waals surface area contributed by atoms with Crippen LogP contribution in [0.3, 0.4) is 0 Å². The molecule has 3 aromatic heterocycles. The Kier molecular flexibility index (Phi) is 4.33. The van der Waals surface area contributed by atoms with Gasteiger partial charge in [-0.15, -0.1) is 0 Å². The zero-order valence-corrected chi connectivity index (χ0v) is 18.2. The zero-order valence-electron chi connectivity index (χ0n) is 18.2. The Morgan fingerprint density at radius 1 is 1.25 bits per heavy atom. The van der Waals surface area contributed by atoms with Crippen LogP contribution < -0.4 is 16.0 Å². The van der Waals surface area contributed by atoms with Gasteiger partial charge in [-0.1, -0.05) is 6.07 Å². The van der Waals surface area contributed by atoms with Crippen LogP contribution in [0.25, 0.3) is 21.9 Å². The molecule has 1 aliphatic carbocycles. The van der Waals surface area contributed by atoms with E-state index in [0.29, 0.717) is 23.9 Å². The minimum Gasteiger partial charge on any atom is -0.386 e. The number of hydrogen-bond acceptors (Lipinski definition) is 6. The summed E-state index contributed by atoms with van der Waals surface area (Å²) in [6.07, 6.45) is 3.51.